The SMILES string of the molecule is CC(C)(C)OC(=O)N1CCO[C@H](Cc2cccc(C=Cc3cccnc3)c2)C1.c1cncc(CCc2cccc(C[C@@H]3CNCCO3)c2)c1. The van der Waals surface area contributed by atoms with Crippen LogP contribution in [0.15, 0.2) is 97.6 Å². The molecule has 2 aliphatic rings. The van der Waals surface area contributed by atoms with Gasteiger partial charge < -0.3 is 24.4 Å². The summed E-state index contributed by atoms with van der Waals surface area (Å²) in [5.41, 5.74) is 6.94. The highest BCUT2D eigenvalue weighted by Crippen LogP contribution is 2.18. The van der Waals surface area contributed by atoms with E-state index < -0.39 is 5.60 Å². The van der Waals surface area contributed by atoms with Crippen molar-refractivity contribution in [1.82, 2.24) is 20.2 Å². The van der Waals surface area contributed by atoms with Crippen LogP contribution in [-0.4, -0.2) is 78.2 Å². The minimum atomic E-state index is -0.486. The Kier molecular flexibility index (Phi) is 13.5. The third-order valence-electron chi connectivity index (χ3n) is 8.24. The molecule has 4 heterocycles. The number of carbonyl (C=O) groups is 1. The van der Waals surface area contributed by atoms with Gasteiger partial charge in [-0.15, -0.1) is 0 Å². The highest BCUT2D eigenvalue weighted by molar-refractivity contribution is 5.69. The van der Waals surface area contributed by atoms with Gasteiger partial charge in [0, 0.05) is 50.8 Å². The average Bonchev–Trinajstić information content (AvgIpc) is 3.11. The first kappa shape index (κ1) is 35.9. The molecule has 2 aromatic heterocycles. The van der Waals surface area contributed by atoms with E-state index >= 15 is 0 Å². The predicted molar refractivity (Wildman–Crippen MR) is 195 cm³/mol. The van der Waals surface area contributed by atoms with E-state index in [-0.39, 0.29) is 12.2 Å². The molecule has 0 aliphatic carbocycles. The van der Waals surface area contributed by atoms with Gasteiger partial charge in [0.05, 0.1) is 32.0 Å². The second kappa shape index (κ2) is 18.4. The maximum Gasteiger partial charge on any atom is 0.410 e. The lowest BCUT2D eigenvalue weighted by molar-refractivity contribution is -0.0415. The molecule has 2 aliphatic heterocycles. The van der Waals surface area contributed by atoms with Crippen molar-refractivity contribution in [1.29, 1.82) is 0 Å². The van der Waals surface area contributed by atoms with Crippen LogP contribution in [0, 0.1) is 0 Å². The first-order valence-corrected chi connectivity index (χ1v) is 17.3. The van der Waals surface area contributed by atoms with Crippen molar-refractivity contribution in [2.24, 2.45) is 0 Å². The minimum Gasteiger partial charge on any atom is -0.444 e. The lowest BCUT2D eigenvalue weighted by Gasteiger charge is -2.34. The molecule has 258 valence electrons. The molecule has 8 heteroatoms. The predicted octanol–water partition coefficient (Wildman–Crippen LogP) is 6.83. The number of morpholine rings is 2. The van der Waals surface area contributed by atoms with Crippen molar-refractivity contribution >= 4 is 18.2 Å². The van der Waals surface area contributed by atoms with Gasteiger partial charge in [0.2, 0.25) is 0 Å². The number of pyridine rings is 2. The summed E-state index contributed by atoms with van der Waals surface area (Å²) >= 11 is 0. The summed E-state index contributed by atoms with van der Waals surface area (Å²) < 4.78 is 17.2. The van der Waals surface area contributed by atoms with Crippen molar-refractivity contribution in [3.63, 3.8) is 0 Å². The van der Waals surface area contributed by atoms with Crippen LogP contribution in [0.2, 0.25) is 0 Å². The van der Waals surface area contributed by atoms with E-state index in [1.54, 1.807) is 11.1 Å². The molecule has 0 spiro atoms. The lowest BCUT2D eigenvalue weighted by atomic mass is 10.0. The zero-order valence-electron chi connectivity index (χ0n) is 29.1. The summed E-state index contributed by atoms with van der Waals surface area (Å²) in [5, 5.41) is 3.38. The first-order valence-electron chi connectivity index (χ1n) is 17.3. The Balaban J connectivity index is 0.000000199. The molecule has 2 aromatic carbocycles. The quantitative estimate of drug-likeness (QED) is 0.210. The van der Waals surface area contributed by atoms with Crippen LogP contribution < -0.4 is 5.32 Å². The monoisotopic (exact) mass is 662 g/mol. The van der Waals surface area contributed by atoms with Gasteiger partial charge in [0.25, 0.3) is 0 Å². The van der Waals surface area contributed by atoms with Gasteiger partial charge in [-0.05, 0) is 85.5 Å². The molecule has 49 heavy (non-hydrogen) atoms. The summed E-state index contributed by atoms with van der Waals surface area (Å²) in [6, 6.07) is 25.3. The topological polar surface area (TPSA) is 85.8 Å². The number of hydrogen-bond acceptors (Lipinski definition) is 7. The maximum absolute atomic E-state index is 12.3. The van der Waals surface area contributed by atoms with Crippen LogP contribution in [0.1, 0.15) is 54.2 Å². The molecule has 0 bridgehead atoms. The molecule has 0 unspecified atom stereocenters. The molecule has 0 saturated carbocycles. The van der Waals surface area contributed by atoms with Crippen molar-refractivity contribution in [3.05, 3.63) is 131 Å². The molecule has 6 rings (SSSR count). The van der Waals surface area contributed by atoms with Crippen molar-refractivity contribution in [3.8, 4) is 0 Å². The van der Waals surface area contributed by atoms with E-state index in [1.807, 2.05) is 69.7 Å². The fourth-order valence-corrected chi connectivity index (χ4v) is 5.85. The van der Waals surface area contributed by atoms with Crippen LogP contribution >= 0.6 is 0 Å². The fourth-order valence-electron chi connectivity index (χ4n) is 5.85. The molecular formula is C41H50N4O4. The van der Waals surface area contributed by atoms with Crippen LogP contribution in [0.3, 0.4) is 0 Å². The number of benzene rings is 2. The van der Waals surface area contributed by atoms with Crippen molar-refractivity contribution in [2.75, 3.05) is 39.4 Å². The number of aryl methyl sites for hydroxylation is 2. The molecule has 2 atom stereocenters. The minimum absolute atomic E-state index is 0.0289. The number of hydrogen-bond donors (Lipinski definition) is 1. The Hall–Kier alpha value is -4.37. The molecule has 0 radical (unpaired) electrons. The van der Waals surface area contributed by atoms with Gasteiger partial charge in [0.1, 0.15) is 5.60 Å². The normalized spacial score (nSPS) is 18.1. The van der Waals surface area contributed by atoms with Gasteiger partial charge >= 0.3 is 6.09 Å². The van der Waals surface area contributed by atoms with Gasteiger partial charge in [-0.3, -0.25) is 9.97 Å². The summed E-state index contributed by atoms with van der Waals surface area (Å²) in [4.78, 5) is 22.4. The highest BCUT2D eigenvalue weighted by atomic mass is 16.6. The van der Waals surface area contributed by atoms with Gasteiger partial charge in [-0.25, -0.2) is 4.79 Å². The van der Waals surface area contributed by atoms with Gasteiger partial charge in [-0.1, -0.05) is 72.8 Å². The number of rotatable bonds is 9. The second-order valence-corrected chi connectivity index (χ2v) is 13.6. The largest absolute Gasteiger partial charge is 0.444 e. The average molecular weight is 663 g/mol. The standard InChI is InChI=1S/C23H28N2O3.C18H22N2O/c1-23(2,3)28-22(26)25-12-13-27-21(17-25)15-20-7-4-6-18(14-20)9-10-19-8-5-11-24-16-19;1-3-15(6-7-16-5-2-8-19-13-16)11-17(4-1)12-18-14-20-9-10-21-18/h4-11,14,16,21H,12-13,15,17H2,1-3H3;1-5,8,11,13,18,20H,6-7,9-10,12,14H2/t21-;18-/m11/s1. The number of nitrogens with one attached hydrogen (secondary N) is 1. The molecule has 4 aromatic rings. The van der Waals surface area contributed by atoms with E-state index in [1.165, 1.54) is 22.3 Å². The van der Waals surface area contributed by atoms with Gasteiger partial charge in [0.15, 0.2) is 0 Å². The van der Waals surface area contributed by atoms with E-state index in [2.05, 4.69) is 69.9 Å². The zero-order valence-corrected chi connectivity index (χ0v) is 29.1. The third kappa shape index (κ3) is 12.9. The Bertz CT molecular complexity index is 1600. The van der Waals surface area contributed by atoms with Crippen LogP contribution in [0.4, 0.5) is 4.79 Å². The van der Waals surface area contributed by atoms with E-state index in [9.17, 15) is 4.79 Å². The van der Waals surface area contributed by atoms with Crippen molar-refractivity contribution < 1.29 is 19.0 Å². The summed E-state index contributed by atoms with van der Waals surface area (Å²) in [6.07, 6.45) is 15.4. The molecule has 8 nitrogen and oxygen atoms in total. The van der Waals surface area contributed by atoms with Crippen LogP contribution in [0.5, 0.6) is 0 Å². The van der Waals surface area contributed by atoms with Crippen molar-refractivity contribution in [2.45, 2.75) is 64.3 Å². The number of nitrogens with zero attached hydrogens (tertiary/aromatic N) is 3. The van der Waals surface area contributed by atoms with E-state index in [0.717, 1.165) is 56.5 Å². The fraction of sp³-hybridized carbons (Fsp3) is 0.390. The smallest absolute Gasteiger partial charge is 0.410 e. The molecule has 2 saturated heterocycles. The molecule has 1 N–H and O–H groups in total. The second-order valence-electron chi connectivity index (χ2n) is 13.6. The molecule has 2 fully saturated rings. The number of amides is 1. The Morgan fingerprint density at radius 3 is 2.20 bits per heavy atom. The molecular weight excluding hydrogens is 612 g/mol. The molecule has 1 amide bonds. The van der Waals surface area contributed by atoms with Gasteiger partial charge in [-0.2, -0.15) is 0 Å². The Labute approximate surface area is 291 Å². The zero-order chi connectivity index (χ0) is 34.3. The first-order chi connectivity index (χ1) is 23.8. The lowest BCUT2D eigenvalue weighted by Crippen LogP contribution is -2.48. The van der Waals surface area contributed by atoms with Crippen LogP contribution in [0.25, 0.3) is 12.2 Å². The van der Waals surface area contributed by atoms with E-state index in [4.69, 9.17) is 14.2 Å². The summed E-state index contributed by atoms with van der Waals surface area (Å²) in [6.45, 7) is 10.1. The number of carbonyl (C=O) groups excluding carboxylic acids is 1. The summed E-state index contributed by atoms with van der Waals surface area (Å²) in [5.74, 6) is 0. The number of ether oxygens (including phenoxy) is 3. The third-order valence-corrected chi connectivity index (χ3v) is 8.24. The highest BCUT2D eigenvalue weighted by Gasteiger charge is 2.28. The van der Waals surface area contributed by atoms with Crippen LogP contribution in [-0.2, 0) is 39.9 Å². The Morgan fingerprint density at radius 2 is 1.47 bits per heavy atom. The summed E-state index contributed by atoms with van der Waals surface area (Å²) in [7, 11) is 0. The van der Waals surface area contributed by atoms with E-state index in [0.29, 0.717) is 25.8 Å². The number of aromatic nitrogens is 2. The maximum atomic E-state index is 12.3. The Morgan fingerprint density at radius 1 is 0.816 bits per heavy atom.